The van der Waals surface area contributed by atoms with E-state index in [9.17, 15) is 0 Å². The second-order valence-corrected chi connectivity index (χ2v) is 5.16. The molecule has 0 saturated carbocycles. The van der Waals surface area contributed by atoms with Crippen LogP contribution in [0.2, 0.25) is 0 Å². The highest BCUT2D eigenvalue weighted by Crippen LogP contribution is 2.24. The van der Waals surface area contributed by atoms with Crippen molar-refractivity contribution in [2.75, 3.05) is 26.3 Å². The Labute approximate surface area is 98.0 Å². The van der Waals surface area contributed by atoms with Gasteiger partial charge in [0.2, 0.25) is 0 Å². The Kier molecular flexibility index (Phi) is 3.62. The molecule has 0 aliphatic carbocycles. The molecular formula is C14H21NO. The third-order valence-electron chi connectivity index (χ3n) is 3.29. The lowest BCUT2D eigenvalue weighted by Gasteiger charge is -2.38. The summed E-state index contributed by atoms with van der Waals surface area (Å²) in [4.78, 5) is 0. The maximum atomic E-state index is 5.23. The minimum atomic E-state index is 0.381. The largest absolute Gasteiger partial charge is 0.380 e. The molecule has 88 valence electrons. The number of nitrogens with one attached hydrogen (secondary N) is 1. The highest BCUT2D eigenvalue weighted by Gasteiger charge is 2.32. The van der Waals surface area contributed by atoms with Gasteiger partial charge in [-0.1, -0.05) is 31.2 Å². The molecule has 0 amide bonds. The molecular weight excluding hydrogens is 198 g/mol. The molecule has 2 rings (SSSR count). The molecule has 2 nitrogen and oxygen atoms in total. The van der Waals surface area contributed by atoms with Gasteiger partial charge < -0.3 is 10.1 Å². The molecule has 0 unspecified atom stereocenters. The monoisotopic (exact) mass is 219 g/mol. The molecule has 0 aromatic heterocycles. The molecule has 2 heteroatoms. The molecule has 1 fully saturated rings. The molecule has 1 saturated heterocycles. The van der Waals surface area contributed by atoms with E-state index in [1.807, 2.05) is 0 Å². The number of rotatable bonds is 5. The molecule has 1 heterocycles. The van der Waals surface area contributed by atoms with Crippen LogP contribution in [-0.4, -0.2) is 26.3 Å². The molecule has 1 aromatic rings. The summed E-state index contributed by atoms with van der Waals surface area (Å²) in [5.74, 6) is 0. The van der Waals surface area contributed by atoms with Crippen molar-refractivity contribution in [3.63, 3.8) is 0 Å². The molecule has 0 bridgehead atoms. The zero-order chi connectivity index (χ0) is 11.4. The van der Waals surface area contributed by atoms with Crippen molar-refractivity contribution < 1.29 is 4.74 Å². The van der Waals surface area contributed by atoms with E-state index in [2.05, 4.69) is 43.4 Å². The summed E-state index contributed by atoms with van der Waals surface area (Å²) in [5, 5.41) is 3.52. The van der Waals surface area contributed by atoms with Crippen molar-refractivity contribution in [1.29, 1.82) is 0 Å². The second kappa shape index (κ2) is 4.98. The van der Waals surface area contributed by atoms with Gasteiger partial charge in [0.05, 0.1) is 13.2 Å². The first-order valence-corrected chi connectivity index (χ1v) is 6.03. The van der Waals surface area contributed by atoms with Crippen LogP contribution in [0.5, 0.6) is 0 Å². The minimum Gasteiger partial charge on any atom is -0.380 e. The summed E-state index contributed by atoms with van der Waals surface area (Å²) in [6.07, 6.45) is 1.11. The summed E-state index contributed by atoms with van der Waals surface area (Å²) < 4.78 is 5.23. The lowest BCUT2D eigenvalue weighted by Crippen LogP contribution is -2.47. The lowest BCUT2D eigenvalue weighted by atomic mass is 9.89. The Morgan fingerprint density at radius 2 is 2.06 bits per heavy atom. The van der Waals surface area contributed by atoms with Crippen LogP contribution in [0.25, 0.3) is 0 Å². The fourth-order valence-electron chi connectivity index (χ4n) is 2.06. The highest BCUT2D eigenvalue weighted by atomic mass is 16.5. The topological polar surface area (TPSA) is 21.3 Å². The van der Waals surface area contributed by atoms with Crippen LogP contribution < -0.4 is 5.32 Å². The zero-order valence-corrected chi connectivity index (χ0v) is 10.3. The van der Waals surface area contributed by atoms with E-state index in [4.69, 9.17) is 4.74 Å². The average molecular weight is 219 g/mol. The van der Waals surface area contributed by atoms with Crippen LogP contribution in [0, 0.1) is 12.3 Å². The second-order valence-electron chi connectivity index (χ2n) is 5.16. The first kappa shape index (κ1) is 11.6. The fourth-order valence-corrected chi connectivity index (χ4v) is 2.06. The molecule has 0 radical (unpaired) electrons. The van der Waals surface area contributed by atoms with E-state index in [0.717, 1.165) is 32.7 Å². The Balaban J connectivity index is 1.70. The summed E-state index contributed by atoms with van der Waals surface area (Å²) in [5.41, 5.74) is 3.22. The van der Waals surface area contributed by atoms with E-state index in [1.54, 1.807) is 0 Å². The van der Waals surface area contributed by atoms with Gasteiger partial charge in [-0.15, -0.1) is 0 Å². The number of ether oxygens (including phenoxy) is 1. The van der Waals surface area contributed by atoms with Crippen LogP contribution in [0.1, 0.15) is 18.1 Å². The molecule has 16 heavy (non-hydrogen) atoms. The minimum absolute atomic E-state index is 0.381. The van der Waals surface area contributed by atoms with Gasteiger partial charge in [-0.3, -0.25) is 0 Å². The predicted octanol–water partition coefficient (Wildman–Crippen LogP) is 2.16. The molecule has 0 spiro atoms. The van der Waals surface area contributed by atoms with Crippen LogP contribution in [0.15, 0.2) is 24.3 Å². The van der Waals surface area contributed by atoms with Crippen LogP contribution in [-0.2, 0) is 11.2 Å². The van der Waals surface area contributed by atoms with Gasteiger partial charge in [0.15, 0.2) is 0 Å². The van der Waals surface area contributed by atoms with Crippen molar-refractivity contribution in [3.8, 4) is 0 Å². The van der Waals surface area contributed by atoms with Gasteiger partial charge in [-0.05, 0) is 31.0 Å². The maximum Gasteiger partial charge on any atom is 0.0554 e. The van der Waals surface area contributed by atoms with Crippen molar-refractivity contribution >= 4 is 0 Å². The van der Waals surface area contributed by atoms with E-state index in [-0.39, 0.29) is 0 Å². The van der Waals surface area contributed by atoms with Crippen LogP contribution in [0.3, 0.4) is 0 Å². The van der Waals surface area contributed by atoms with E-state index < -0.39 is 0 Å². The Morgan fingerprint density at radius 1 is 1.31 bits per heavy atom. The Hall–Kier alpha value is -0.860. The zero-order valence-electron chi connectivity index (χ0n) is 10.3. The number of hydrogen-bond donors (Lipinski definition) is 1. The summed E-state index contributed by atoms with van der Waals surface area (Å²) in [6.45, 7) is 8.39. The lowest BCUT2D eigenvalue weighted by molar-refractivity contribution is -0.0988. The van der Waals surface area contributed by atoms with Gasteiger partial charge in [0.25, 0.3) is 0 Å². The number of aryl methyl sites for hydroxylation is 1. The third-order valence-corrected chi connectivity index (χ3v) is 3.29. The SMILES string of the molecule is Cc1ccccc1CCNCC1(C)COC1. The molecule has 0 atom stereocenters. The molecule has 1 aliphatic heterocycles. The molecule has 1 aliphatic rings. The van der Waals surface area contributed by atoms with Crippen molar-refractivity contribution in [1.82, 2.24) is 5.32 Å². The van der Waals surface area contributed by atoms with E-state index >= 15 is 0 Å². The third kappa shape index (κ3) is 2.83. The van der Waals surface area contributed by atoms with Crippen molar-refractivity contribution in [3.05, 3.63) is 35.4 Å². The van der Waals surface area contributed by atoms with Gasteiger partial charge >= 0.3 is 0 Å². The summed E-state index contributed by atoms with van der Waals surface area (Å²) in [7, 11) is 0. The van der Waals surface area contributed by atoms with Gasteiger partial charge in [0, 0.05) is 12.0 Å². The molecule has 1 N–H and O–H groups in total. The first-order valence-electron chi connectivity index (χ1n) is 6.03. The standard InChI is InChI=1S/C14H21NO/c1-12-5-3-4-6-13(12)7-8-15-9-14(2)10-16-11-14/h3-6,15H,7-11H2,1-2H3. The highest BCUT2D eigenvalue weighted by molar-refractivity contribution is 5.25. The Morgan fingerprint density at radius 3 is 2.69 bits per heavy atom. The van der Waals surface area contributed by atoms with Gasteiger partial charge in [-0.25, -0.2) is 0 Å². The van der Waals surface area contributed by atoms with Gasteiger partial charge in [0.1, 0.15) is 0 Å². The summed E-state index contributed by atoms with van der Waals surface area (Å²) in [6, 6.07) is 8.60. The predicted molar refractivity (Wildman–Crippen MR) is 66.7 cm³/mol. The van der Waals surface area contributed by atoms with E-state index in [0.29, 0.717) is 5.41 Å². The van der Waals surface area contributed by atoms with Crippen molar-refractivity contribution in [2.24, 2.45) is 5.41 Å². The normalized spacial score (nSPS) is 18.1. The van der Waals surface area contributed by atoms with E-state index in [1.165, 1.54) is 11.1 Å². The Bertz CT molecular complexity index is 344. The molecule has 1 aromatic carbocycles. The number of benzene rings is 1. The fraction of sp³-hybridized carbons (Fsp3) is 0.571. The number of hydrogen-bond acceptors (Lipinski definition) is 2. The van der Waals surface area contributed by atoms with Gasteiger partial charge in [-0.2, -0.15) is 0 Å². The quantitative estimate of drug-likeness (QED) is 0.766. The van der Waals surface area contributed by atoms with Crippen LogP contribution in [0.4, 0.5) is 0 Å². The smallest absolute Gasteiger partial charge is 0.0554 e. The van der Waals surface area contributed by atoms with Crippen molar-refractivity contribution in [2.45, 2.75) is 20.3 Å². The maximum absolute atomic E-state index is 5.23. The summed E-state index contributed by atoms with van der Waals surface area (Å²) >= 11 is 0. The van der Waals surface area contributed by atoms with Crippen LogP contribution >= 0.6 is 0 Å². The average Bonchev–Trinajstić information content (AvgIpc) is 2.24. The first-order chi connectivity index (χ1) is 7.70.